The summed E-state index contributed by atoms with van der Waals surface area (Å²) in [5.74, 6) is 3.02. The summed E-state index contributed by atoms with van der Waals surface area (Å²) in [6, 6.07) is 0. The Kier molecular flexibility index (Phi) is 1.76. The molecule has 0 saturated carbocycles. The molecular formula is C6H6N2O. The number of rotatable bonds is 2. The van der Waals surface area contributed by atoms with Crippen molar-refractivity contribution < 1.29 is 4.74 Å². The van der Waals surface area contributed by atoms with E-state index >= 15 is 0 Å². The molecular weight excluding hydrogens is 116 g/mol. The van der Waals surface area contributed by atoms with E-state index in [1.54, 1.807) is 12.4 Å². The summed E-state index contributed by atoms with van der Waals surface area (Å²) < 4.78 is 4.97. The van der Waals surface area contributed by atoms with Gasteiger partial charge in [0.2, 0.25) is 0 Å². The summed E-state index contributed by atoms with van der Waals surface area (Å²) in [7, 11) is 0. The number of hydrogen-bond acceptors (Lipinski definition) is 2. The quantitative estimate of drug-likeness (QED) is 0.577. The largest absolute Gasteiger partial charge is 0.478 e. The van der Waals surface area contributed by atoms with Crippen LogP contribution in [-0.4, -0.2) is 16.8 Å². The molecule has 9 heavy (non-hydrogen) atoms. The lowest BCUT2D eigenvalue weighted by Gasteiger charge is -1.92. The minimum absolute atomic E-state index is 0.291. The van der Waals surface area contributed by atoms with Crippen LogP contribution in [0.5, 0.6) is 5.75 Å². The van der Waals surface area contributed by atoms with Crippen LogP contribution in [0.3, 0.4) is 0 Å². The van der Waals surface area contributed by atoms with E-state index in [9.17, 15) is 0 Å². The highest BCUT2D eigenvalue weighted by Crippen LogP contribution is 2.02. The summed E-state index contributed by atoms with van der Waals surface area (Å²) in [6.45, 7) is 0.291. The standard InChI is InChI=1S/C6H6N2O/c1-2-3-9-6-4-7-8-5-6/h1,4-5H,3H2,(H,7,8). The molecule has 3 nitrogen and oxygen atoms in total. The summed E-state index contributed by atoms with van der Waals surface area (Å²) >= 11 is 0. The Balaban J connectivity index is 2.41. The first-order valence-electron chi connectivity index (χ1n) is 2.48. The lowest BCUT2D eigenvalue weighted by atomic mass is 10.6. The molecule has 3 heteroatoms. The van der Waals surface area contributed by atoms with E-state index in [0.29, 0.717) is 12.4 Å². The fourth-order valence-corrected chi connectivity index (χ4v) is 0.443. The fraction of sp³-hybridized carbons (Fsp3) is 0.167. The van der Waals surface area contributed by atoms with Crippen LogP contribution in [0.15, 0.2) is 12.4 Å². The molecule has 0 saturated heterocycles. The smallest absolute Gasteiger partial charge is 0.158 e. The number of aromatic nitrogens is 2. The number of terminal acetylenes is 1. The van der Waals surface area contributed by atoms with Gasteiger partial charge in [-0.25, -0.2) is 0 Å². The van der Waals surface area contributed by atoms with E-state index in [0.717, 1.165) is 0 Å². The zero-order valence-corrected chi connectivity index (χ0v) is 4.79. The van der Waals surface area contributed by atoms with Gasteiger partial charge in [0.05, 0.1) is 12.4 Å². The molecule has 46 valence electrons. The summed E-state index contributed by atoms with van der Waals surface area (Å²) in [5.41, 5.74) is 0. The van der Waals surface area contributed by atoms with Crippen LogP contribution in [0.4, 0.5) is 0 Å². The van der Waals surface area contributed by atoms with Crippen molar-refractivity contribution >= 4 is 0 Å². The molecule has 1 heterocycles. The molecule has 0 aromatic carbocycles. The third-order valence-electron chi connectivity index (χ3n) is 0.795. The number of aromatic amines is 1. The first-order chi connectivity index (χ1) is 4.43. The van der Waals surface area contributed by atoms with Crippen LogP contribution in [0.25, 0.3) is 0 Å². The van der Waals surface area contributed by atoms with Crippen molar-refractivity contribution in [3.05, 3.63) is 12.4 Å². The van der Waals surface area contributed by atoms with Gasteiger partial charge in [0.1, 0.15) is 6.61 Å². The van der Waals surface area contributed by atoms with Gasteiger partial charge in [-0.2, -0.15) is 5.10 Å². The highest BCUT2D eigenvalue weighted by atomic mass is 16.5. The van der Waals surface area contributed by atoms with Gasteiger partial charge in [-0.15, -0.1) is 6.42 Å². The SMILES string of the molecule is C#CCOc1cn[nH]c1. The normalized spacial score (nSPS) is 8.33. The van der Waals surface area contributed by atoms with E-state index < -0.39 is 0 Å². The van der Waals surface area contributed by atoms with Crippen molar-refractivity contribution in [2.24, 2.45) is 0 Å². The average molecular weight is 122 g/mol. The van der Waals surface area contributed by atoms with Crippen LogP contribution < -0.4 is 4.74 Å². The predicted molar refractivity (Wildman–Crippen MR) is 32.9 cm³/mol. The van der Waals surface area contributed by atoms with Gasteiger partial charge in [-0.1, -0.05) is 5.92 Å². The van der Waals surface area contributed by atoms with Crippen LogP contribution in [0.1, 0.15) is 0 Å². The van der Waals surface area contributed by atoms with Gasteiger partial charge >= 0.3 is 0 Å². The Morgan fingerprint density at radius 1 is 1.89 bits per heavy atom. The second-order valence-corrected chi connectivity index (χ2v) is 1.43. The van der Waals surface area contributed by atoms with Gasteiger partial charge in [-0.3, -0.25) is 5.10 Å². The molecule has 0 amide bonds. The van der Waals surface area contributed by atoms with Crippen molar-refractivity contribution in [2.75, 3.05) is 6.61 Å². The number of hydrogen-bond donors (Lipinski definition) is 1. The van der Waals surface area contributed by atoms with Crippen LogP contribution >= 0.6 is 0 Å². The fourth-order valence-electron chi connectivity index (χ4n) is 0.443. The van der Waals surface area contributed by atoms with Crippen molar-refractivity contribution in [2.45, 2.75) is 0 Å². The Hall–Kier alpha value is -1.43. The van der Waals surface area contributed by atoms with E-state index in [1.165, 1.54) is 0 Å². The van der Waals surface area contributed by atoms with Crippen molar-refractivity contribution in [3.8, 4) is 18.1 Å². The highest BCUT2D eigenvalue weighted by Gasteiger charge is 1.88. The molecule has 0 fully saturated rings. The zero-order valence-electron chi connectivity index (χ0n) is 4.79. The number of ether oxygens (including phenoxy) is 1. The van der Waals surface area contributed by atoms with Crippen molar-refractivity contribution in [1.82, 2.24) is 10.2 Å². The molecule has 0 bridgehead atoms. The monoisotopic (exact) mass is 122 g/mol. The van der Waals surface area contributed by atoms with E-state index in [1.807, 2.05) is 0 Å². The third-order valence-corrected chi connectivity index (χ3v) is 0.795. The van der Waals surface area contributed by atoms with Crippen LogP contribution in [-0.2, 0) is 0 Å². The Morgan fingerprint density at radius 2 is 2.78 bits per heavy atom. The van der Waals surface area contributed by atoms with Crippen LogP contribution in [0, 0.1) is 12.3 Å². The molecule has 1 aromatic rings. The Labute approximate surface area is 53.0 Å². The van der Waals surface area contributed by atoms with Crippen LogP contribution in [0.2, 0.25) is 0 Å². The molecule has 1 rings (SSSR count). The van der Waals surface area contributed by atoms with E-state index in [-0.39, 0.29) is 0 Å². The maximum absolute atomic E-state index is 4.97. The Morgan fingerprint density at radius 3 is 3.33 bits per heavy atom. The highest BCUT2D eigenvalue weighted by molar-refractivity contribution is 5.11. The van der Waals surface area contributed by atoms with Gasteiger partial charge in [-0.05, 0) is 0 Å². The lowest BCUT2D eigenvalue weighted by molar-refractivity contribution is 0.370. The first-order valence-corrected chi connectivity index (χ1v) is 2.48. The zero-order chi connectivity index (χ0) is 6.53. The molecule has 0 radical (unpaired) electrons. The van der Waals surface area contributed by atoms with Crippen molar-refractivity contribution in [1.29, 1.82) is 0 Å². The number of nitrogens with one attached hydrogen (secondary N) is 1. The molecule has 0 unspecified atom stereocenters. The maximum atomic E-state index is 4.97. The summed E-state index contributed by atoms with van der Waals surface area (Å²) in [6.07, 6.45) is 8.14. The second kappa shape index (κ2) is 2.78. The maximum Gasteiger partial charge on any atom is 0.158 e. The summed E-state index contributed by atoms with van der Waals surface area (Å²) in [4.78, 5) is 0. The second-order valence-electron chi connectivity index (χ2n) is 1.43. The molecule has 0 aliphatic heterocycles. The van der Waals surface area contributed by atoms with Gasteiger partial charge in [0, 0.05) is 0 Å². The minimum atomic E-state index is 0.291. The van der Waals surface area contributed by atoms with E-state index in [2.05, 4.69) is 16.1 Å². The minimum Gasteiger partial charge on any atom is -0.478 e. The predicted octanol–water partition coefficient (Wildman–Crippen LogP) is 0.422. The third kappa shape index (κ3) is 1.50. The molecule has 0 atom stereocenters. The van der Waals surface area contributed by atoms with Crippen molar-refractivity contribution in [3.63, 3.8) is 0 Å². The average Bonchev–Trinajstić information content (AvgIpc) is 2.34. The molecule has 1 N–H and O–H groups in total. The van der Waals surface area contributed by atoms with E-state index in [4.69, 9.17) is 11.2 Å². The molecule has 1 aromatic heterocycles. The van der Waals surface area contributed by atoms with Gasteiger partial charge in [0.15, 0.2) is 5.75 Å². The van der Waals surface area contributed by atoms with Gasteiger partial charge in [0.25, 0.3) is 0 Å². The molecule has 0 spiro atoms. The molecule has 0 aliphatic rings. The molecule has 0 aliphatic carbocycles. The topological polar surface area (TPSA) is 37.9 Å². The number of nitrogens with zero attached hydrogens (tertiary/aromatic N) is 1. The number of H-pyrrole nitrogens is 1. The Bertz CT molecular complexity index is 197. The van der Waals surface area contributed by atoms with Gasteiger partial charge < -0.3 is 4.74 Å². The first kappa shape index (κ1) is 5.70. The summed E-state index contributed by atoms with van der Waals surface area (Å²) in [5, 5.41) is 6.25. The lowest BCUT2D eigenvalue weighted by Crippen LogP contribution is -1.90.